The van der Waals surface area contributed by atoms with Gasteiger partial charge in [0.25, 0.3) is 0 Å². The van der Waals surface area contributed by atoms with Crippen LogP contribution in [-0.2, 0) is 20.4 Å². The van der Waals surface area contributed by atoms with Crippen LogP contribution in [0.3, 0.4) is 0 Å². The van der Waals surface area contributed by atoms with Crippen LogP contribution in [0.1, 0.15) is 55.9 Å². The zero-order valence-corrected chi connectivity index (χ0v) is 21.2. The molecule has 0 aromatic heterocycles. The second-order valence-corrected chi connectivity index (χ2v) is 8.80. The van der Waals surface area contributed by atoms with E-state index in [4.69, 9.17) is 0 Å². The maximum atomic E-state index is 2.44. The molecule has 4 heteroatoms. The Bertz CT molecular complexity index is 827. The van der Waals surface area contributed by atoms with Crippen LogP contribution in [0, 0.1) is 13.8 Å². The van der Waals surface area contributed by atoms with Gasteiger partial charge in [0, 0.05) is 0 Å². The summed E-state index contributed by atoms with van der Waals surface area (Å²) in [5.74, 6) is 0.333. The van der Waals surface area contributed by atoms with Crippen LogP contribution in [0.15, 0.2) is 70.8 Å². The molecule has 0 N–H and O–H groups in total. The first-order valence-corrected chi connectivity index (χ1v) is 9.79. The number of allylic oxidation sites excluding steroid dienone is 4. The summed E-state index contributed by atoms with van der Waals surface area (Å²) in [5, 5.41) is 0. The van der Waals surface area contributed by atoms with Crippen LogP contribution in [0.4, 0.5) is 0 Å². The number of hydrogen-bond donors (Lipinski definition) is 0. The summed E-state index contributed by atoms with van der Waals surface area (Å²) in [4.78, 5) is 0. The van der Waals surface area contributed by atoms with E-state index in [2.05, 4.69) is 111 Å². The Hall–Kier alpha value is -0.496. The molecule has 0 amide bonds. The Morgan fingerprint density at radius 3 is 1.32 bits per heavy atom. The van der Waals surface area contributed by atoms with E-state index in [1.165, 1.54) is 44.5 Å². The van der Waals surface area contributed by atoms with E-state index in [9.17, 15) is 0 Å². The summed E-state index contributed by atoms with van der Waals surface area (Å²) in [7, 11) is 0. The Kier molecular flexibility index (Phi) is 10.3. The van der Waals surface area contributed by atoms with Gasteiger partial charge in [0.2, 0.25) is 0 Å². The van der Waals surface area contributed by atoms with Crippen LogP contribution in [0.2, 0.25) is 3.72 Å². The summed E-state index contributed by atoms with van der Waals surface area (Å²) in [6.45, 7) is 13.6. The van der Waals surface area contributed by atoms with Crippen LogP contribution in [0.25, 0.3) is 0 Å². The zero-order chi connectivity index (χ0) is 18.4. The van der Waals surface area contributed by atoms with Crippen LogP contribution >= 0.6 is 0 Å². The second-order valence-electron chi connectivity index (χ2n) is 7.57. The topological polar surface area (TPSA) is 0 Å². The molecule has 0 radical (unpaired) electrons. The Morgan fingerprint density at radius 1 is 0.643 bits per heavy atom. The molecule has 0 aliphatic heterocycles. The first-order valence-electron chi connectivity index (χ1n) is 9.01. The Balaban J connectivity index is 0.00000243. The fourth-order valence-corrected chi connectivity index (χ4v) is 5.37. The van der Waals surface area contributed by atoms with Crippen molar-refractivity contribution in [3.63, 3.8) is 0 Å². The molecule has 0 nitrogen and oxygen atoms in total. The van der Waals surface area contributed by atoms with Crippen LogP contribution in [0.5, 0.6) is 0 Å². The fraction of sp³-hybridized carbons (Fsp3) is 0.333. The van der Waals surface area contributed by atoms with Crippen molar-refractivity contribution in [2.45, 2.75) is 51.2 Å². The standard InChI is InChI=1S/C24H27.3ClH.Ti/c1-15-9-7-11-21(13-15)24(22-12-8-10-16(2)14-22)23-19(5)17(3)18(4)20(23)6;;;;/h7-14,24H,1-6H3;3*1H;/q;;;;+3/p-3. The monoisotopic (exact) mass is 468 g/mol. The van der Waals surface area contributed by atoms with Crippen molar-refractivity contribution >= 4 is 0 Å². The number of rotatable bonds is 3. The minimum atomic E-state index is 0. The van der Waals surface area contributed by atoms with E-state index in [1.54, 1.807) is 0 Å². The molecule has 3 rings (SSSR count). The molecule has 0 unspecified atom stereocenters. The molecule has 0 fully saturated rings. The average Bonchev–Trinajstić information content (AvgIpc) is 2.72. The van der Waals surface area contributed by atoms with E-state index >= 15 is 0 Å². The third-order valence-corrected chi connectivity index (χ3v) is 7.68. The van der Waals surface area contributed by atoms with E-state index < -0.39 is 0 Å². The van der Waals surface area contributed by atoms with Crippen LogP contribution < -0.4 is 37.2 Å². The van der Waals surface area contributed by atoms with Crippen LogP contribution in [-0.4, -0.2) is 0 Å². The molecule has 28 heavy (non-hydrogen) atoms. The number of halogens is 3. The summed E-state index contributed by atoms with van der Waals surface area (Å²) >= 11 is 2.44. The first-order chi connectivity index (χ1) is 11.8. The summed E-state index contributed by atoms with van der Waals surface area (Å²) in [6.07, 6.45) is 0. The molecule has 0 heterocycles. The van der Waals surface area contributed by atoms with Crippen molar-refractivity contribution in [2.24, 2.45) is 0 Å². The molecule has 1 aliphatic carbocycles. The van der Waals surface area contributed by atoms with Crippen molar-refractivity contribution in [1.82, 2.24) is 0 Å². The van der Waals surface area contributed by atoms with Gasteiger partial charge in [-0.15, -0.1) is 0 Å². The molecule has 2 aromatic carbocycles. The van der Waals surface area contributed by atoms with Crippen molar-refractivity contribution in [3.05, 3.63) is 93.1 Å². The molecule has 2 aromatic rings. The predicted molar refractivity (Wildman–Crippen MR) is 104 cm³/mol. The summed E-state index contributed by atoms with van der Waals surface area (Å²) < 4.78 is 0.0236. The van der Waals surface area contributed by atoms with E-state index in [0.717, 1.165) is 0 Å². The molecule has 0 saturated carbocycles. The first kappa shape index (κ1) is 27.5. The molecule has 148 valence electrons. The number of benzene rings is 2. The third-order valence-electron chi connectivity index (χ3n) is 6.05. The van der Waals surface area contributed by atoms with Gasteiger partial charge in [-0.05, 0) is 0 Å². The van der Waals surface area contributed by atoms with Crippen molar-refractivity contribution in [3.8, 4) is 0 Å². The third kappa shape index (κ3) is 4.63. The molecular formula is C24H27Cl3Ti. The molecule has 1 aliphatic rings. The minimum Gasteiger partial charge on any atom is -1.00 e. The second kappa shape index (κ2) is 10.5. The molecule has 0 bridgehead atoms. The predicted octanol–water partition coefficient (Wildman–Crippen LogP) is -2.16. The van der Waals surface area contributed by atoms with Gasteiger partial charge in [-0.25, -0.2) is 0 Å². The SMILES string of the molecule is CC1=C(C)[C]([Ti+3])(C(c2cccc(C)c2)c2cccc(C)c2)C(C)=C1C.[Cl-].[Cl-].[Cl-]. The maximum Gasteiger partial charge on any atom is -1.00 e. The fourth-order valence-electron chi connectivity index (χ4n) is 4.26. The maximum absolute atomic E-state index is 2.44. The summed E-state index contributed by atoms with van der Waals surface area (Å²) in [6, 6.07) is 18.1. The van der Waals surface area contributed by atoms with E-state index in [1.807, 2.05) is 0 Å². The Labute approximate surface area is 200 Å². The minimum absolute atomic E-state index is 0. The van der Waals surface area contributed by atoms with Gasteiger partial charge in [0.1, 0.15) is 0 Å². The van der Waals surface area contributed by atoms with Gasteiger partial charge in [-0.1, -0.05) is 0 Å². The molecule has 0 saturated heterocycles. The van der Waals surface area contributed by atoms with Gasteiger partial charge < -0.3 is 37.2 Å². The molecule has 0 atom stereocenters. The van der Waals surface area contributed by atoms with E-state index in [0.29, 0.717) is 5.92 Å². The Morgan fingerprint density at radius 2 is 1.00 bits per heavy atom. The van der Waals surface area contributed by atoms with Gasteiger partial charge >= 0.3 is 165 Å². The number of hydrogen-bond acceptors (Lipinski definition) is 0. The van der Waals surface area contributed by atoms with E-state index in [-0.39, 0.29) is 40.9 Å². The van der Waals surface area contributed by atoms with Gasteiger partial charge in [-0.2, -0.15) is 0 Å². The number of aryl methyl sites for hydroxylation is 2. The average molecular weight is 470 g/mol. The summed E-state index contributed by atoms with van der Waals surface area (Å²) in [5.41, 5.74) is 11.4. The quantitative estimate of drug-likeness (QED) is 0.450. The molecular weight excluding hydrogens is 442 g/mol. The van der Waals surface area contributed by atoms with Gasteiger partial charge in [0.05, 0.1) is 0 Å². The van der Waals surface area contributed by atoms with Crippen molar-refractivity contribution in [2.75, 3.05) is 0 Å². The molecule has 0 spiro atoms. The van der Waals surface area contributed by atoms with Gasteiger partial charge in [0.15, 0.2) is 0 Å². The van der Waals surface area contributed by atoms with Gasteiger partial charge in [-0.3, -0.25) is 0 Å². The van der Waals surface area contributed by atoms with Crippen molar-refractivity contribution < 1.29 is 57.7 Å². The largest absolute Gasteiger partial charge is 1.00 e. The van der Waals surface area contributed by atoms with Crippen molar-refractivity contribution in [1.29, 1.82) is 0 Å². The zero-order valence-electron chi connectivity index (χ0n) is 17.3. The smallest absolute Gasteiger partial charge is 1.00 e. The normalized spacial score (nSPS) is 15.2.